The highest BCUT2D eigenvalue weighted by Crippen LogP contribution is 2.25. The van der Waals surface area contributed by atoms with Crippen LogP contribution in [0.25, 0.3) is 11.3 Å². The molecule has 1 atom stereocenters. The summed E-state index contributed by atoms with van der Waals surface area (Å²) in [6.45, 7) is 4.17. The molecule has 1 aromatic heterocycles. The molecule has 0 bridgehead atoms. The quantitative estimate of drug-likeness (QED) is 0.534. The molecule has 0 aliphatic heterocycles. The third-order valence-corrected chi connectivity index (χ3v) is 4.96. The van der Waals surface area contributed by atoms with Gasteiger partial charge in [-0.05, 0) is 47.9 Å². The molecule has 3 aromatic rings. The standard InChI is InChI=1S/C23H25ClN2O3/c1-15(2)23(17-6-10-19(28-3)11-7-17)26-21(27)12-13-22-25-14-20(29-22)16-4-8-18(24)9-5-16/h4-11,14-15,23H,12-13H2,1-3H3,(H,26,27). The Balaban J connectivity index is 1.58. The van der Waals surface area contributed by atoms with Crippen LogP contribution in [0, 0.1) is 5.92 Å². The predicted octanol–water partition coefficient (Wildman–Crippen LogP) is 5.45. The molecule has 3 rings (SSSR count). The number of nitrogens with one attached hydrogen (secondary N) is 1. The maximum absolute atomic E-state index is 12.5. The summed E-state index contributed by atoms with van der Waals surface area (Å²) in [5.74, 6) is 2.21. The fourth-order valence-corrected chi connectivity index (χ4v) is 3.21. The van der Waals surface area contributed by atoms with Gasteiger partial charge in [-0.15, -0.1) is 0 Å². The number of aromatic nitrogens is 1. The zero-order chi connectivity index (χ0) is 20.8. The molecule has 0 saturated heterocycles. The van der Waals surface area contributed by atoms with Crippen LogP contribution in [-0.2, 0) is 11.2 Å². The van der Waals surface area contributed by atoms with Crippen LogP contribution in [0.3, 0.4) is 0 Å². The van der Waals surface area contributed by atoms with Gasteiger partial charge in [-0.2, -0.15) is 0 Å². The van der Waals surface area contributed by atoms with Crippen molar-refractivity contribution < 1.29 is 13.9 Å². The van der Waals surface area contributed by atoms with E-state index in [1.807, 2.05) is 36.4 Å². The van der Waals surface area contributed by atoms with Crippen molar-refractivity contribution in [2.45, 2.75) is 32.7 Å². The number of benzene rings is 2. The molecule has 1 heterocycles. The molecule has 0 spiro atoms. The minimum absolute atomic E-state index is 0.0363. The molecular weight excluding hydrogens is 388 g/mol. The van der Waals surface area contributed by atoms with Crippen LogP contribution < -0.4 is 10.1 Å². The fourth-order valence-electron chi connectivity index (χ4n) is 3.09. The number of aryl methyl sites for hydroxylation is 1. The van der Waals surface area contributed by atoms with Crippen molar-refractivity contribution in [3.8, 4) is 17.1 Å². The Bertz CT molecular complexity index is 934. The Morgan fingerprint density at radius 1 is 1.14 bits per heavy atom. The smallest absolute Gasteiger partial charge is 0.221 e. The van der Waals surface area contributed by atoms with E-state index in [1.54, 1.807) is 25.4 Å². The lowest BCUT2D eigenvalue weighted by molar-refractivity contribution is -0.122. The monoisotopic (exact) mass is 412 g/mol. The van der Waals surface area contributed by atoms with Crippen molar-refractivity contribution in [3.63, 3.8) is 0 Å². The molecule has 2 aromatic carbocycles. The molecule has 29 heavy (non-hydrogen) atoms. The maximum Gasteiger partial charge on any atom is 0.221 e. The number of hydrogen-bond donors (Lipinski definition) is 1. The van der Waals surface area contributed by atoms with E-state index < -0.39 is 0 Å². The summed E-state index contributed by atoms with van der Waals surface area (Å²) in [5.41, 5.74) is 1.95. The van der Waals surface area contributed by atoms with Crippen LogP contribution in [0.4, 0.5) is 0 Å². The molecule has 6 heteroatoms. The van der Waals surface area contributed by atoms with Crippen molar-refractivity contribution in [3.05, 3.63) is 71.2 Å². The SMILES string of the molecule is COc1ccc(C(NC(=O)CCc2ncc(-c3ccc(Cl)cc3)o2)C(C)C)cc1. The first kappa shape index (κ1) is 20.9. The van der Waals surface area contributed by atoms with Gasteiger partial charge in [-0.25, -0.2) is 4.98 Å². The number of carbonyl (C=O) groups is 1. The number of methoxy groups -OCH3 is 1. The van der Waals surface area contributed by atoms with E-state index in [2.05, 4.69) is 24.1 Å². The van der Waals surface area contributed by atoms with E-state index >= 15 is 0 Å². The highest BCUT2D eigenvalue weighted by Gasteiger charge is 2.19. The maximum atomic E-state index is 12.5. The highest BCUT2D eigenvalue weighted by atomic mass is 35.5. The molecule has 1 unspecified atom stereocenters. The van der Waals surface area contributed by atoms with Crippen LogP contribution in [0.15, 0.2) is 59.1 Å². The Labute approximate surface area is 176 Å². The van der Waals surface area contributed by atoms with Gasteiger partial charge >= 0.3 is 0 Å². The first-order valence-electron chi connectivity index (χ1n) is 9.60. The molecule has 0 radical (unpaired) electrons. The number of rotatable bonds is 8. The van der Waals surface area contributed by atoms with E-state index in [1.165, 1.54) is 0 Å². The number of ether oxygens (including phenoxy) is 1. The van der Waals surface area contributed by atoms with Crippen molar-refractivity contribution in [2.24, 2.45) is 5.92 Å². The van der Waals surface area contributed by atoms with Crippen molar-refractivity contribution >= 4 is 17.5 Å². The Morgan fingerprint density at radius 3 is 2.45 bits per heavy atom. The Kier molecular flexibility index (Phi) is 6.94. The number of amides is 1. The number of carbonyl (C=O) groups excluding carboxylic acids is 1. The molecular formula is C23H25ClN2O3. The van der Waals surface area contributed by atoms with Crippen LogP contribution in [0.1, 0.15) is 37.8 Å². The summed E-state index contributed by atoms with van der Waals surface area (Å²) >= 11 is 5.92. The molecule has 0 fully saturated rings. The van der Waals surface area contributed by atoms with Gasteiger partial charge < -0.3 is 14.5 Å². The summed E-state index contributed by atoms with van der Waals surface area (Å²) < 4.78 is 11.0. The van der Waals surface area contributed by atoms with Crippen molar-refractivity contribution in [2.75, 3.05) is 7.11 Å². The van der Waals surface area contributed by atoms with Gasteiger partial charge in [0.15, 0.2) is 11.7 Å². The van der Waals surface area contributed by atoms with Crippen molar-refractivity contribution in [1.82, 2.24) is 10.3 Å². The van der Waals surface area contributed by atoms with E-state index in [0.717, 1.165) is 16.9 Å². The van der Waals surface area contributed by atoms with Gasteiger partial charge in [0, 0.05) is 23.4 Å². The number of halogens is 1. The van der Waals surface area contributed by atoms with Gasteiger partial charge in [0.25, 0.3) is 0 Å². The predicted molar refractivity (Wildman–Crippen MR) is 114 cm³/mol. The summed E-state index contributed by atoms with van der Waals surface area (Å²) in [6, 6.07) is 15.1. The second kappa shape index (κ2) is 9.61. The second-order valence-electron chi connectivity index (χ2n) is 7.19. The molecule has 1 N–H and O–H groups in total. The average molecular weight is 413 g/mol. The number of nitrogens with zero attached hydrogens (tertiary/aromatic N) is 1. The molecule has 152 valence electrons. The third-order valence-electron chi connectivity index (χ3n) is 4.71. The minimum Gasteiger partial charge on any atom is -0.497 e. The van der Waals surface area contributed by atoms with Crippen LogP contribution in [0.5, 0.6) is 5.75 Å². The van der Waals surface area contributed by atoms with Gasteiger partial charge in [0.2, 0.25) is 5.91 Å². The lowest BCUT2D eigenvalue weighted by Gasteiger charge is -2.23. The molecule has 0 aliphatic rings. The Hall–Kier alpha value is -2.79. The third kappa shape index (κ3) is 5.61. The Morgan fingerprint density at radius 2 is 1.83 bits per heavy atom. The first-order valence-corrected chi connectivity index (χ1v) is 9.98. The lowest BCUT2D eigenvalue weighted by Crippen LogP contribution is -2.31. The van der Waals surface area contributed by atoms with Crippen molar-refractivity contribution in [1.29, 1.82) is 0 Å². The number of oxazole rings is 1. The zero-order valence-corrected chi connectivity index (χ0v) is 17.6. The second-order valence-corrected chi connectivity index (χ2v) is 7.62. The van der Waals surface area contributed by atoms with E-state index in [4.69, 9.17) is 20.8 Å². The normalized spacial score (nSPS) is 12.0. The number of hydrogen-bond acceptors (Lipinski definition) is 4. The lowest BCUT2D eigenvalue weighted by atomic mass is 9.95. The average Bonchev–Trinajstić information content (AvgIpc) is 3.20. The summed E-state index contributed by atoms with van der Waals surface area (Å²) in [5, 5.41) is 3.79. The minimum atomic E-state index is -0.0670. The van der Waals surface area contributed by atoms with E-state index in [9.17, 15) is 4.79 Å². The van der Waals surface area contributed by atoms with Gasteiger partial charge in [-0.3, -0.25) is 4.79 Å². The zero-order valence-electron chi connectivity index (χ0n) is 16.8. The molecule has 1 amide bonds. The van der Waals surface area contributed by atoms with Crippen LogP contribution in [0.2, 0.25) is 5.02 Å². The van der Waals surface area contributed by atoms with Crippen LogP contribution in [-0.4, -0.2) is 18.0 Å². The molecule has 0 aliphatic carbocycles. The van der Waals surface area contributed by atoms with Crippen LogP contribution >= 0.6 is 11.6 Å². The van der Waals surface area contributed by atoms with Gasteiger partial charge in [0.1, 0.15) is 5.75 Å². The van der Waals surface area contributed by atoms with Gasteiger partial charge in [0.05, 0.1) is 19.3 Å². The fraction of sp³-hybridized carbons (Fsp3) is 0.304. The molecule has 0 saturated carbocycles. The van der Waals surface area contributed by atoms with E-state index in [-0.39, 0.29) is 17.9 Å². The topological polar surface area (TPSA) is 64.4 Å². The summed E-state index contributed by atoms with van der Waals surface area (Å²) in [6.07, 6.45) is 2.41. The van der Waals surface area contributed by atoms with Gasteiger partial charge in [-0.1, -0.05) is 37.6 Å². The first-order chi connectivity index (χ1) is 14.0. The highest BCUT2D eigenvalue weighted by molar-refractivity contribution is 6.30. The largest absolute Gasteiger partial charge is 0.497 e. The molecule has 5 nitrogen and oxygen atoms in total. The summed E-state index contributed by atoms with van der Waals surface area (Å²) in [7, 11) is 1.64. The summed E-state index contributed by atoms with van der Waals surface area (Å²) in [4.78, 5) is 16.8. The van der Waals surface area contributed by atoms with E-state index in [0.29, 0.717) is 29.5 Å².